The lowest BCUT2D eigenvalue weighted by Crippen LogP contribution is -2.44. The van der Waals surface area contributed by atoms with Gasteiger partial charge in [0.15, 0.2) is 5.78 Å². The Morgan fingerprint density at radius 3 is 2.45 bits per heavy atom. The number of fused-ring (bicyclic) bond motifs is 1. The fourth-order valence-corrected chi connectivity index (χ4v) is 6.10. The first kappa shape index (κ1) is 31.3. The Morgan fingerprint density at radius 2 is 1.81 bits per heavy atom. The van der Waals surface area contributed by atoms with Crippen molar-refractivity contribution in [2.45, 2.75) is 59.2 Å². The fraction of sp³-hybridized carbons (Fsp3) is 0.483. The molecule has 0 unspecified atom stereocenters. The van der Waals surface area contributed by atoms with Crippen molar-refractivity contribution in [2.75, 3.05) is 27.4 Å². The average molecular weight is 602 g/mol. The van der Waals surface area contributed by atoms with Crippen molar-refractivity contribution in [1.29, 1.82) is 0 Å². The van der Waals surface area contributed by atoms with Crippen molar-refractivity contribution in [3.8, 4) is 10.8 Å². The molecule has 42 heavy (non-hydrogen) atoms. The number of nitrogens with zero attached hydrogens (tertiary/aromatic N) is 5. The topological polar surface area (TPSA) is 119 Å². The second kappa shape index (κ2) is 13.5. The van der Waals surface area contributed by atoms with Gasteiger partial charge in [-0.15, -0.1) is 4.80 Å². The van der Waals surface area contributed by atoms with E-state index in [1.807, 2.05) is 13.8 Å². The summed E-state index contributed by atoms with van der Waals surface area (Å²) < 4.78 is 33.8. The first-order valence-electron chi connectivity index (χ1n) is 13.7. The van der Waals surface area contributed by atoms with Crippen LogP contribution in [0.1, 0.15) is 56.9 Å². The molecule has 0 spiro atoms. The normalized spacial score (nSPS) is 13.1. The number of Topliss-reactive ketones (excluding diaryl/α,β-unsaturated/α-hetero) is 1. The third-order valence-corrected chi connectivity index (χ3v) is 8.26. The molecule has 4 rings (SSSR count). The second-order valence-corrected chi connectivity index (χ2v) is 11.4. The van der Waals surface area contributed by atoms with Crippen LogP contribution in [-0.4, -0.2) is 57.3 Å². The Labute approximate surface area is 246 Å². The smallest absolute Gasteiger partial charge is 0.332 e. The lowest BCUT2D eigenvalue weighted by atomic mass is 10.0. The van der Waals surface area contributed by atoms with Crippen LogP contribution in [0.15, 0.2) is 40.2 Å². The molecule has 0 saturated carbocycles. The minimum atomic E-state index is -1.00. The first-order chi connectivity index (χ1) is 20.1. The molecule has 3 heterocycles. The van der Waals surface area contributed by atoms with Crippen LogP contribution in [0, 0.1) is 18.7 Å². The quantitative estimate of drug-likeness (QED) is 0.197. The van der Waals surface area contributed by atoms with Crippen molar-refractivity contribution in [1.82, 2.24) is 24.1 Å². The number of ketones is 1. The van der Waals surface area contributed by atoms with E-state index in [-0.39, 0.29) is 36.7 Å². The van der Waals surface area contributed by atoms with E-state index < -0.39 is 29.2 Å². The van der Waals surface area contributed by atoms with Crippen LogP contribution in [0.3, 0.4) is 0 Å². The summed E-state index contributed by atoms with van der Waals surface area (Å²) in [5.41, 5.74) is -0.259. The largest absolute Gasteiger partial charge is 0.496 e. The molecule has 11 nitrogen and oxygen atoms in total. The van der Waals surface area contributed by atoms with Crippen molar-refractivity contribution >= 4 is 27.3 Å². The van der Waals surface area contributed by atoms with Crippen LogP contribution < -0.4 is 16.0 Å². The summed E-state index contributed by atoms with van der Waals surface area (Å²) in [7, 11) is 3.05. The number of benzene rings is 1. The molecule has 1 aromatic carbocycles. The Bertz CT molecular complexity index is 1660. The number of methoxy groups -OCH3 is 2. The van der Waals surface area contributed by atoms with Gasteiger partial charge in [0.1, 0.15) is 27.5 Å². The maximum Gasteiger partial charge on any atom is 0.332 e. The predicted octanol–water partition coefficient (Wildman–Crippen LogP) is 4.23. The number of hydrogen-bond acceptors (Lipinski definition) is 9. The Balaban J connectivity index is 1.96. The van der Waals surface area contributed by atoms with E-state index in [0.29, 0.717) is 39.7 Å². The fourth-order valence-electron chi connectivity index (χ4n) is 4.88. The summed E-state index contributed by atoms with van der Waals surface area (Å²) in [6.07, 6.45) is 2.96. The molecule has 3 aromatic heterocycles. The van der Waals surface area contributed by atoms with E-state index >= 15 is 0 Å². The molecule has 2 atom stereocenters. The SMILES string of the molecule is COCCCO[C@@H](Cn1c(=O)n([C@@H](C)C(=O)CC(C)C)c(=O)c2c(C)c(-n3nccn3)sc21)c1cc(F)ccc1OC. The highest BCUT2D eigenvalue weighted by Gasteiger charge is 2.29. The van der Waals surface area contributed by atoms with E-state index in [1.54, 1.807) is 21.0 Å². The molecule has 13 heteroatoms. The minimum absolute atomic E-state index is 0.0484. The van der Waals surface area contributed by atoms with Gasteiger partial charge in [-0.1, -0.05) is 25.2 Å². The van der Waals surface area contributed by atoms with Crippen LogP contribution in [0.2, 0.25) is 0 Å². The summed E-state index contributed by atoms with van der Waals surface area (Å²) >= 11 is 1.18. The molecule has 0 aliphatic carbocycles. The molecule has 0 amide bonds. The molecular weight excluding hydrogens is 565 g/mol. The number of aromatic nitrogens is 5. The van der Waals surface area contributed by atoms with Gasteiger partial charge >= 0.3 is 5.69 Å². The zero-order valence-electron chi connectivity index (χ0n) is 24.6. The Hall–Kier alpha value is -3.68. The first-order valence-corrected chi connectivity index (χ1v) is 14.5. The number of carbonyl (C=O) groups excluding carboxylic acids is 1. The van der Waals surface area contributed by atoms with Crippen LogP contribution in [0.25, 0.3) is 15.2 Å². The van der Waals surface area contributed by atoms with Gasteiger partial charge in [0.05, 0.1) is 37.5 Å². The van der Waals surface area contributed by atoms with Crippen molar-refractivity contribution in [2.24, 2.45) is 5.92 Å². The van der Waals surface area contributed by atoms with Crippen molar-refractivity contribution < 1.29 is 23.4 Å². The maximum atomic E-state index is 14.5. The summed E-state index contributed by atoms with van der Waals surface area (Å²) in [4.78, 5) is 43.0. The van der Waals surface area contributed by atoms with Crippen molar-refractivity contribution in [3.63, 3.8) is 0 Å². The van der Waals surface area contributed by atoms with E-state index in [2.05, 4.69) is 10.2 Å². The van der Waals surface area contributed by atoms with Gasteiger partial charge in [0.2, 0.25) is 0 Å². The molecule has 226 valence electrons. The van der Waals surface area contributed by atoms with Gasteiger partial charge in [-0.2, -0.15) is 10.2 Å². The highest BCUT2D eigenvalue weighted by molar-refractivity contribution is 7.21. The maximum absolute atomic E-state index is 14.5. The molecule has 0 N–H and O–H groups in total. The number of thiophene rings is 1. The molecule has 0 aliphatic rings. The summed E-state index contributed by atoms with van der Waals surface area (Å²) in [5, 5.41) is 9.26. The van der Waals surface area contributed by atoms with Crippen LogP contribution in [0.4, 0.5) is 4.39 Å². The minimum Gasteiger partial charge on any atom is -0.496 e. The zero-order valence-corrected chi connectivity index (χ0v) is 25.4. The molecule has 0 aliphatic heterocycles. The summed E-state index contributed by atoms with van der Waals surface area (Å²) in [6.45, 7) is 7.74. The number of ether oxygens (including phenoxy) is 3. The monoisotopic (exact) mass is 601 g/mol. The predicted molar refractivity (Wildman–Crippen MR) is 157 cm³/mol. The molecule has 0 fully saturated rings. The Kier molecular flexibility index (Phi) is 10.1. The summed E-state index contributed by atoms with van der Waals surface area (Å²) in [5.74, 6) is -0.288. The zero-order chi connectivity index (χ0) is 30.6. The standard InChI is InChI=1S/C29H36FN5O6S/c1-17(2)14-22(36)19(4)34-26(37)25-18(3)27(35-31-10-11-32-35)42-28(25)33(29(34)38)16-24(41-13-7-12-39-5)21-15-20(30)8-9-23(21)40-6/h8-11,15,17,19,24H,7,12-14,16H2,1-6H3/t19-,24-/m0/s1. The third-order valence-electron chi connectivity index (χ3n) is 6.98. The van der Waals surface area contributed by atoms with Crippen molar-refractivity contribution in [3.05, 3.63) is 68.4 Å². The number of aryl methyl sites for hydroxylation is 1. The van der Waals surface area contributed by atoms with Gasteiger partial charge in [-0.3, -0.25) is 14.2 Å². The van der Waals surface area contributed by atoms with Gasteiger partial charge in [0.25, 0.3) is 5.56 Å². The van der Waals surface area contributed by atoms with Crippen LogP contribution in [0.5, 0.6) is 5.75 Å². The van der Waals surface area contributed by atoms with E-state index in [1.165, 1.54) is 58.4 Å². The van der Waals surface area contributed by atoms with Crippen LogP contribution in [-0.2, 0) is 20.8 Å². The number of carbonyl (C=O) groups is 1. The van der Waals surface area contributed by atoms with Gasteiger partial charge in [-0.25, -0.2) is 13.8 Å². The van der Waals surface area contributed by atoms with Gasteiger partial charge in [0, 0.05) is 37.9 Å². The lowest BCUT2D eigenvalue weighted by Gasteiger charge is -2.23. The van der Waals surface area contributed by atoms with E-state index in [9.17, 15) is 18.8 Å². The molecule has 0 saturated heterocycles. The molecule has 0 radical (unpaired) electrons. The number of halogens is 1. The lowest BCUT2D eigenvalue weighted by molar-refractivity contribution is -0.122. The van der Waals surface area contributed by atoms with Gasteiger partial charge in [-0.05, 0) is 44.4 Å². The average Bonchev–Trinajstić information content (AvgIpc) is 3.60. The molecule has 4 aromatic rings. The molecular formula is C29H36FN5O6S. The number of hydrogen-bond donors (Lipinski definition) is 0. The van der Waals surface area contributed by atoms with Crippen LogP contribution >= 0.6 is 11.3 Å². The van der Waals surface area contributed by atoms with Gasteiger partial charge < -0.3 is 14.2 Å². The summed E-state index contributed by atoms with van der Waals surface area (Å²) in [6, 6.07) is 3.09. The Morgan fingerprint density at radius 1 is 1.10 bits per heavy atom. The third kappa shape index (κ3) is 6.37. The van der Waals surface area contributed by atoms with E-state index in [4.69, 9.17) is 14.2 Å². The highest BCUT2D eigenvalue weighted by Crippen LogP contribution is 2.34. The highest BCUT2D eigenvalue weighted by atomic mass is 32.1. The molecule has 0 bridgehead atoms. The second-order valence-electron chi connectivity index (χ2n) is 10.4. The number of rotatable bonds is 14. The van der Waals surface area contributed by atoms with E-state index in [0.717, 1.165) is 4.57 Å².